The third-order valence-electron chi connectivity index (χ3n) is 4.18. The van der Waals surface area contributed by atoms with Crippen molar-refractivity contribution >= 4 is 5.82 Å². The van der Waals surface area contributed by atoms with Crippen molar-refractivity contribution in [1.82, 2.24) is 10.2 Å². The minimum atomic E-state index is 0.0654. The summed E-state index contributed by atoms with van der Waals surface area (Å²) >= 11 is 0. The first-order valence-corrected chi connectivity index (χ1v) is 7.30. The molecule has 0 unspecified atom stereocenters. The Labute approximate surface area is 120 Å². The highest BCUT2D eigenvalue weighted by atomic mass is 16.3. The summed E-state index contributed by atoms with van der Waals surface area (Å²) in [5.41, 5.74) is 2.27. The number of hydrogen-bond acceptors (Lipinski definition) is 5. The Bertz CT molecular complexity index is 503. The second kappa shape index (κ2) is 6.67. The summed E-state index contributed by atoms with van der Waals surface area (Å²) in [6, 6.07) is 2.62. The number of aromatic nitrogens is 2. The number of aryl methyl sites for hydroxylation is 1. The maximum absolute atomic E-state index is 9.43. The maximum atomic E-state index is 9.43. The molecule has 0 atom stereocenters. The smallest absolute Gasteiger partial charge is 0.169 e. The van der Waals surface area contributed by atoms with Crippen molar-refractivity contribution in [2.45, 2.75) is 52.0 Å². The lowest BCUT2D eigenvalue weighted by molar-refractivity contribution is 0.289. The molecular formula is C15H22N4O. The number of rotatable bonds is 4. The van der Waals surface area contributed by atoms with Crippen LogP contribution in [-0.4, -0.2) is 34.5 Å². The molecule has 1 aliphatic rings. The lowest BCUT2D eigenvalue weighted by Gasteiger charge is -2.35. The van der Waals surface area contributed by atoms with E-state index in [0.717, 1.165) is 24.1 Å². The minimum Gasteiger partial charge on any atom is -0.395 e. The Morgan fingerprint density at radius 3 is 2.55 bits per heavy atom. The third-order valence-corrected chi connectivity index (χ3v) is 4.18. The van der Waals surface area contributed by atoms with E-state index in [1.54, 1.807) is 0 Å². The van der Waals surface area contributed by atoms with Gasteiger partial charge in [-0.3, -0.25) is 0 Å². The molecule has 20 heavy (non-hydrogen) atoms. The van der Waals surface area contributed by atoms with Crippen LogP contribution in [0.5, 0.6) is 0 Å². The van der Waals surface area contributed by atoms with E-state index >= 15 is 0 Å². The number of hydrogen-bond donors (Lipinski definition) is 1. The van der Waals surface area contributed by atoms with Crippen LogP contribution in [0.15, 0.2) is 0 Å². The average Bonchev–Trinajstić information content (AvgIpc) is 2.48. The van der Waals surface area contributed by atoms with Crippen LogP contribution in [0.1, 0.15) is 48.9 Å². The van der Waals surface area contributed by atoms with Crippen LogP contribution < -0.4 is 4.90 Å². The SMILES string of the molecule is Cc1nnc(N(CCO)C2CCCCC2)c(C#N)c1C. The van der Waals surface area contributed by atoms with E-state index in [2.05, 4.69) is 21.2 Å². The van der Waals surface area contributed by atoms with E-state index in [0.29, 0.717) is 24.0 Å². The van der Waals surface area contributed by atoms with Gasteiger partial charge in [-0.05, 0) is 32.3 Å². The highest BCUT2D eigenvalue weighted by Gasteiger charge is 2.25. The molecule has 1 N–H and O–H groups in total. The van der Waals surface area contributed by atoms with Crippen molar-refractivity contribution < 1.29 is 5.11 Å². The number of aliphatic hydroxyl groups excluding tert-OH is 1. The lowest BCUT2D eigenvalue weighted by Crippen LogP contribution is -2.40. The van der Waals surface area contributed by atoms with Crippen LogP contribution in [0, 0.1) is 25.2 Å². The predicted molar refractivity (Wildman–Crippen MR) is 77.5 cm³/mol. The zero-order valence-corrected chi connectivity index (χ0v) is 12.3. The number of nitriles is 1. The molecule has 1 aromatic heterocycles. The van der Waals surface area contributed by atoms with Gasteiger partial charge in [0, 0.05) is 12.6 Å². The fourth-order valence-corrected chi connectivity index (χ4v) is 2.89. The fourth-order valence-electron chi connectivity index (χ4n) is 2.89. The monoisotopic (exact) mass is 274 g/mol. The zero-order chi connectivity index (χ0) is 14.5. The van der Waals surface area contributed by atoms with Crippen molar-refractivity contribution in [3.05, 3.63) is 16.8 Å². The van der Waals surface area contributed by atoms with Crippen molar-refractivity contribution in [3.63, 3.8) is 0 Å². The molecule has 0 saturated heterocycles. The Balaban J connectivity index is 2.38. The van der Waals surface area contributed by atoms with Crippen LogP contribution in [0.2, 0.25) is 0 Å². The van der Waals surface area contributed by atoms with Crippen LogP contribution >= 0.6 is 0 Å². The van der Waals surface area contributed by atoms with Gasteiger partial charge in [0.05, 0.1) is 12.3 Å². The first kappa shape index (κ1) is 14.7. The van der Waals surface area contributed by atoms with Gasteiger partial charge < -0.3 is 10.0 Å². The molecule has 5 nitrogen and oxygen atoms in total. The lowest BCUT2D eigenvalue weighted by atomic mass is 9.93. The van der Waals surface area contributed by atoms with Gasteiger partial charge in [-0.2, -0.15) is 10.4 Å². The first-order valence-electron chi connectivity index (χ1n) is 7.30. The normalized spacial score (nSPS) is 15.9. The Morgan fingerprint density at radius 2 is 1.95 bits per heavy atom. The van der Waals surface area contributed by atoms with Gasteiger partial charge in [0.1, 0.15) is 11.6 Å². The average molecular weight is 274 g/mol. The van der Waals surface area contributed by atoms with Crippen molar-refractivity contribution in [2.24, 2.45) is 0 Å². The molecule has 0 spiro atoms. The summed E-state index contributed by atoms with van der Waals surface area (Å²) < 4.78 is 0. The van der Waals surface area contributed by atoms with Crippen LogP contribution in [0.25, 0.3) is 0 Å². The third kappa shape index (κ3) is 2.91. The summed E-state index contributed by atoms with van der Waals surface area (Å²) in [6.07, 6.45) is 5.87. The summed E-state index contributed by atoms with van der Waals surface area (Å²) in [7, 11) is 0. The number of anilines is 1. The van der Waals surface area contributed by atoms with Gasteiger partial charge >= 0.3 is 0 Å². The molecule has 0 amide bonds. The summed E-state index contributed by atoms with van der Waals surface area (Å²) in [4.78, 5) is 2.08. The van der Waals surface area contributed by atoms with Gasteiger partial charge in [-0.15, -0.1) is 5.10 Å². The van der Waals surface area contributed by atoms with Crippen LogP contribution in [-0.2, 0) is 0 Å². The molecule has 5 heteroatoms. The second-order valence-electron chi connectivity index (χ2n) is 5.43. The fraction of sp³-hybridized carbons (Fsp3) is 0.667. The highest BCUT2D eigenvalue weighted by Crippen LogP contribution is 2.29. The van der Waals surface area contributed by atoms with E-state index in [-0.39, 0.29) is 6.61 Å². The van der Waals surface area contributed by atoms with Crippen molar-refractivity contribution in [2.75, 3.05) is 18.1 Å². The predicted octanol–water partition coefficient (Wildman–Crippen LogP) is 2.10. The Morgan fingerprint density at radius 1 is 1.25 bits per heavy atom. The van der Waals surface area contributed by atoms with E-state index in [4.69, 9.17) is 0 Å². The van der Waals surface area contributed by atoms with Crippen LogP contribution in [0.3, 0.4) is 0 Å². The Kier molecular flexibility index (Phi) is 4.91. The number of nitrogens with zero attached hydrogens (tertiary/aromatic N) is 4. The molecular weight excluding hydrogens is 252 g/mol. The molecule has 108 valence electrons. The summed E-state index contributed by atoms with van der Waals surface area (Å²) in [5.74, 6) is 0.636. The molecule has 0 aliphatic heterocycles. The minimum absolute atomic E-state index is 0.0654. The first-order chi connectivity index (χ1) is 9.69. The quantitative estimate of drug-likeness (QED) is 0.910. The van der Waals surface area contributed by atoms with E-state index in [9.17, 15) is 10.4 Å². The van der Waals surface area contributed by atoms with Gasteiger partial charge in [0.25, 0.3) is 0 Å². The van der Waals surface area contributed by atoms with Gasteiger partial charge in [-0.1, -0.05) is 19.3 Å². The molecule has 1 aliphatic carbocycles. The largest absolute Gasteiger partial charge is 0.395 e. The van der Waals surface area contributed by atoms with Gasteiger partial charge in [0.15, 0.2) is 5.82 Å². The van der Waals surface area contributed by atoms with Gasteiger partial charge in [-0.25, -0.2) is 0 Å². The maximum Gasteiger partial charge on any atom is 0.169 e. The topological polar surface area (TPSA) is 73.0 Å². The van der Waals surface area contributed by atoms with Crippen molar-refractivity contribution in [3.8, 4) is 6.07 Å². The summed E-state index contributed by atoms with van der Waals surface area (Å²) in [6.45, 7) is 4.35. The molecule has 0 radical (unpaired) electrons. The van der Waals surface area contributed by atoms with E-state index in [1.165, 1.54) is 19.3 Å². The summed E-state index contributed by atoms with van der Waals surface area (Å²) in [5, 5.41) is 27.2. The molecule has 2 rings (SSSR count). The number of aliphatic hydroxyl groups is 1. The molecule has 1 fully saturated rings. The highest BCUT2D eigenvalue weighted by molar-refractivity contribution is 5.58. The van der Waals surface area contributed by atoms with Crippen LogP contribution in [0.4, 0.5) is 5.82 Å². The molecule has 0 bridgehead atoms. The van der Waals surface area contributed by atoms with E-state index in [1.807, 2.05) is 13.8 Å². The van der Waals surface area contributed by atoms with Gasteiger partial charge in [0.2, 0.25) is 0 Å². The standard InChI is InChI=1S/C15H22N4O/c1-11-12(2)17-18-15(14(11)10-16)19(8-9-20)13-6-4-3-5-7-13/h13,20H,3-9H2,1-2H3. The molecule has 1 saturated carbocycles. The second-order valence-corrected chi connectivity index (χ2v) is 5.43. The molecule has 0 aromatic carbocycles. The molecule has 1 aromatic rings. The van der Waals surface area contributed by atoms with E-state index < -0.39 is 0 Å². The molecule has 1 heterocycles. The zero-order valence-electron chi connectivity index (χ0n) is 12.3. The Hall–Kier alpha value is -1.67. The van der Waals surface area contributed by atoms with Crippen molar-refractivity contribution in [1.29, 1.82) is 5.26 Å².